The summed E-state index contributed by atoms with van der Waals surface area (Å²) in [5.41, 5.74) is 4.08. The van der Waals surface area contributed by atoms with Gasteiger partial charge in [0.25, 0.3) is 0 Å². The molecule has 200 valence electrons. The Morgan fingerprint density at radius 3 is 2.54 bits per heavy atom. The van der Waals surface area contributed by atoms with E-state index in [0.29, 0.717) is 26.8 Å². The van der Waals surface area contributed by atoms with E-state index in [-0.39, 0.29) is 24.9 Å². The number of pyridine rings is 1. The van der Waals surface area contributed by atoms with Gasteiger partial charge in [-0.2, -0.15) is 0 Å². The number of halogens is 2. The minimum absolute atomic E-state index is 0.0792. The number of likely N-dealkylation sites (tertiary alicyclic amines) is 1. The Kier molecular flexibility index (Phi) is 7.63. The zero-order valence-electron chi connectivity index (χ0n) is 21.3. The first kappa shape index (κ1) is 26.8. The average molecular weight is 593 g/mol. The number of benzene rings is 3. The van der Waals surface area contributed by atoms with Crippen molar-refractivity contribution in [1.82, 2.24) is 9.88 Å². The Hall–Kier alpha value is -3.82. The highest BCUT2D eigenvalue weighted by Gasteiger charge is 2.44. The molecular weight excluding hydrogens is 567 g/mol. The lowest BCUT2D eigenvalue weighted by Crippen LogP contribution is -2.64. The smallest absolute Gasteiger partial charge is 0.412 e. The average Bonchev–Trinajstić information content (AvgIpc) is 2.93. The zero-order chi connectivity index (χ0) is 27.7. The molecule has 9 heteroatoms. The van der Waals surface area contributed by atoms with Crippen molar-refractivity contribution in [3.05, 3.63) is 93.7 Å². The largest absolute Gasteiger partial charge is 0.467 e. The van der Waals surface area contributed by atoms with Gasteiger partial charge in [0, 0.05) is 21.0 Å². The fourth-order valence-corrected chi connectivity index (χ4v) is 5.05. The molecule has 1 aliphatic heterocycles. The molecule has 1 aliphatic rings. The van der Waals surface area contributed by atoms with Crippen molar-refractivity contribution in [1.29, 1.82) is 0 Å². The molecule has 0 radical (unpaired) electrons. The Labute approximate surface area is 233 Å². The molecule has 7 nitrogen and oxygen atoms in total. The molecule has 0 bridgehead atoms. The third kappa shape index (κ3) is 5.37. The molecule has 0 spiro atoms. The van der Waals surface area contributed by atoms with Crippen LogP contribution in [0.25, 0.3) is 22.0 Å². The van der Waals surface area contributed by atoms with Gasteiger partial charge in [0.15, 0.2) is 18.6 Å². The molecule has 1 N–H and O–H groups in total. The van der Waals surface area contributed by atoms with E-state index in [4.69, 9.17) is 14.5 Å². The fourth-order valence-electron chi connectivity index (χ4n) is 4.62. The van der Waals surface area contributed by atoms with Crippen LogP contribution in [0.2, 0.25) is 0 Å². The molecule has 3 aromatic carbocycles. The van der Waals surface area contributed by atoms with Crippen LogP contribution < -0.4 is 4.74 Å². The Morgan fingerprint density at radius 2 is 1.90 bits per heavy atom. The summed E-state index contributed by atoms with van der Waals surface area (Å²) in [6.07, 6.45) is -1.83. The number of fused-ring (bicyclic) bond motifs is 1. The first-order chi connectivity index (χ1) is 18.8. The van der Waals surface area contributed by atoms with E-state index < -0.39 is 18.4 Å². The number of carbonyl (C=O) groups excluding carboxylic acids is 2. The lowest BCUT2D eigenvalue weighted by atomic mass is 9.89. The highest BCUT2D eigenvalue weighted by Crippen LogP contribution is 2.42. The monoisotopic (exact) mass is 592 g/mol. The summed E-state index contributed by atoms with van der Waals surface area (Å²) < 4.78 is 25.9. The van der Waals surface area contributed by atoms with E-state index in [2.05, 4.69) is 15.9 Å². The second-order valence-corrected chi connectivity index (χ2v) is 10.5. The fraction of sp³-hybridized carbons (Fsp3) is 0.233. The summed E-state index contributed by atoms with van der Waals surface area (Å²) >= 11 is 3.42. The van der Waals surface area contributed by atoms with Gasteiger partial charge in [0.05, 0.1) is 12.1 Å². The maximum absolute atomic E-state index is 13.8. The summed E-state index contributed by atoms with van der Waals surface area (Å²) in [7, 11) is 0. The van der Waals surface area contributed by atoms with Crippen molar-refractivity contribution < 1.29 is 28.6 Å². The van der Waals surface area contributed by atoms with Crippen LogP contribution in [0.15, 0.2) is 71.2 Å². The summed E-state index contributed by atoms with van der Waals surface area (Å²) in [4.78, 5) is 30.2. The molecule has 0 saturated carbocycles. The molecule has 0 aliphatic carbocycles. The van der Waals surface area contributed by atoms with Gasteiger partial charge in [-0.25, -0.2) is 14.2 Å². The van der Waals surface area contributed by atoms with Gasteiger partial charge >= 0.3 is 6.09 Å². The molecule has 1 saturated heterocycles. The van der Waals surface area contributed by atoms with Crippen molar-refractivity contribution in [2.45, 2.75) is 38.7 Å². The summed E-state index contributed by atoms with van der Waals surface area (Å²) in [5.74, 6) is -0.152. The second-order valence-electron chi connectivity index (χ2n) is 9.64. The minimum Gasteiger partial charge on any atom is -0.467 e. The third-order valence-corrected chi connectivity index (χ3v) is 7.36. The third-order valence-electron chi connectivity index (χ3n) is 6.67. The van der Waals surface area contributed by atoms with Crippen LogP contribution in [0.4, 0.5) is 9.18 Å². The zero-order valence-corrected chi connectivity index (χ0v) is 22.9. The van der Waals surface area contributed by atoms with E-state index in [0.717, 1.165) is 28.5 Å². The normalized spacial score (nSPS) is 16.7. The first-order valence-corrected chi connectivity index (χ1v) is 13.3. The molecule has 2 unspecified atom stereocenters. The van der Waals surface area contributed by atoms with Crippen molar-refractivity contribution in [2.75, 3.05) is 6.54 Å². The van der Waals surface area contributed by atoms with Crippen molar-refractivity contribution >= 4 is 39.2 Å². The van der Waals surface area contributed by atoms with Crippen molar-refractivity contribution in [2.24, 2.45) is 0 Å². The van der Waals surface area contributed by atoms with Crippen LogP contribution in [0, 0.1) is 5.82 Å². The number of hydrogen-bond acceptors (Lipinski definition) is 6. The maximum Gasteiger partial charge on any atom is 0.412 e. The predicted molar refractivity (Wildman–Crippen MR) is 148 cm³/mol. The van der Waals surface area contributed by atoms with Gasteiger partial charge in [0.1, 0.15) is 12.4 Å². The molecule has 1 aromatic heterocycles. The highest BCUT2D eigenvalue weighted by atomic mass is 79.9. The molecular formula is C30H26BrFN2O5. The molecule has 2 heterocycles. The predicted octanol–water partition coefficient (Wildman–Crippen LogP) is 6.46. The van der Waals surface area contributed by atoms with Crippen LogP contribution >= 0.6 is 15.9 Å². The number of rotatable bonds is 7. The molecule has 1 fully saturated rings. The Morgan fingerprint density at radius 1 is 1.18 bits per heavy atom. The molecule has 5 rings (SSSR count). The quantitative estimate of drug-likeness (QED) is 0.248. The number of aliphatic hydroxyl groups is 1. The number of carbonyl (C=O) groups is 2. The van der Waals surface area contributed by atoms with E-state index in [1.54, 1.807) is 24.3 Å². The number of hydrogen-bond donors (Lipinski definition) is 1. The second kappa shape index (κ2) is 11.1. The Balaban J connectivity index is 1.47. The van der Waals surface area contributed by atoms with Crippen LogP contribution in [0.3, 0.4) is 0 Å². The lowest BCUT2D eigenvalue weighted by molar-refractivity contribution is -0.145. The standard InChI is InChI=1S/C30H26BrFN2O5/c1-17(2)26-27(19-8-10-21(32)11-9-19)22-12-20(15-35)23(31)13-24(22)33-28(26)39-25-14-34(29(25)36)30(37)38-16-18-6-4-3-5-7-18/h3-13,15,17,25,29,36H,14,16H2,1-2H3. The van der Waals surface area contributed by atoms with E-state index in [1.165, 1.54) is 17.0 Å². The van der Waals surface area contributed by atoms with Gasteiger partial charge < -0.3 is 14.6 Å². The molecule has 39 heavy (non-hydrogen) atoms. The van der Waals surface area contributed by atoms with Gasteiger partial charge in [-0.05, 0) is 62.8 Å². The highest BCUT2D eigenvalue weighted by molar-refractivity contribution is 9.10. The van der Waals surface area contributed by atoms with Crippen LogP contribution in [0.1, 0.15) is 41.3 Å². The topological polar surface area (TPSA) is 89.0 Å². The van der Waals surface area contributed by atoms with E-state index in [9.17, 15) is 19.1 Å². The number of nitrogens with zero attached hydrogens (tertiary/aromatic N) is 2. The lowest BCUT2D eigenvalue weighted by Gasteiger charge is -2.43. The number of amides is 1. The first-order valence-electron chi connectivity index (χ1n) is 12.5. The van der Waals surface area contributed by atoms with Crippen LogP contribution in [-0.4, -0.2) is 46.2 Å². The van der Waals surface area contributed by atoms with Gasteiger partial charge in [0.2, 0.25) is 5.88 Å². The number of aromatic nitrogens is 1. The molecule has 1 amide bonds. The van der Waals surface area contributed by atoms with E-state index >= 15 is 0 Å². The molecule has 2 atom stereocenters. The number of ether oxygens (including phenoxy) is 2. The van der Waals surface area contributed by atoms with E-state index in [1.807, 2.05) is 44.2 Å². The number of aldehydes is 1. The van der Waals surface area contributed by atoms with Crippen molar-refractivity contribution in [3.8, 4) is 17.0 Å². The van der Waals surface area contributed by atoms with Crippen LogP contribution in [-0.2, 0) is 11.3 Å². The van der Waals surface area contributed by atoms with Gasteiger partial charge in [-0.15, -0.1) is 0 Å². The SMILES string of the molecule is CC(C)c1c(OC2CN(C(=O)OCc3ccccc3)C2O)nc2cc(Br)c(C=O)cc2c1-c1ccc(F)cc1. The van der Waals surface area contributed by atoms with Crippen LogP contribution in [0.5, 0.6) is 5.88 Å². The van der Waals surface area contributed by atoms with Gasteiger partial charge in [-0.1, -0.05) is 56.3 Å². The number of aliphatic hydroxyl groups excluding tert-OH is 1. The Bertz CT molecular complexity index is 1530. The maximum atomic E-state index is 13.8. The summed E-state index contributed by atoms with van der Waals surface area (Å²) in [6.45, 7) is 4.17. The van der Waals surface area contributed by atoms with Crippen molar-refractivity contribution in [3.63, 3.8) is 0 Å². The summed E-state index contributed by atoms with van der Waals surface area (Å²) in [5, 5.41) is 11.5. The minimum atomic E-state index is -1.22. The van der Waals surface area contributed by atoms with Gasteiger partial charge in [-0.3, -0.25) is 9.69 Å². The molecule has 4 aromatic rings. The summed E-state index contributed by atoms with van der Waals surface area (Å²) in [6, 6.07) is 18.8.